The zero-order valence-corrected chi connectivity index (χ0v) is 21.7. The molecule has 4 rings (SSSR count). The normalized spacial score (nSPS) is 15.1. The Balaban J connectivity index is 1.70. The minimum atomic E-state index is -5.07. The first-order chi connectivity index (χ1) is 19.1. The third kappa shape index (κ3) is 8.11. The number of anilines is 1. The van der Waals surface area contributed by atoms with Crippen LogP contribution in [-0.4, -0.2) is 26.8 Å². The number of nitrogens with zero attached hydrogens (tertiary/aromatic N) is 5. The highest BCUT2D eigenvalue weighted by molar-refractivity contribution is 5.41. The standard InChI is InChI=1S/C26H26F9N5O/c1-39-37-23(36-38-39)40(12-17-8-21(25(30,31)32)11-22(9-17)26(33,34)35)13-19-10-20(24(27,28)29)7-6-18(19)15-41-14-16-4-2-3-5-16/h6-11,16H,2-5,12-15H2,1H3. The lowest BCUT2D eigenvalue weighted by atomic mass is 10.0. The van der Waals surface area contributed by atoms with Crippen molar-refractivity contribution in [1.82, 2.24) is 20.2 Å². The summed E-state index contributed by atoms with van der Waals surface area (Å²) < 4.78 is 127. The average Bonchev–Trinajstić information content (AvgIpc) is 3.54. The Labute approximate surface area is 229 Å². The number of ether oxygens (including phenoxy) is 1. The molecule has 1 aliphatic rings. The summed E-state index contributed by atoms with van der Waals surface area (Å²) in [4.78, 5) is 2.17. The van der Waals surface area contributed by atoms with Gasteiger partial charge in [0, 0.05) is 19.7 Å². The highest BCUT2D eigenvalue weighted by Gasteiger charge is 2.37. The van der Waals surface area contributed by atoms with Crippen molar-refractivity contribution in [2.45, 2.75) is 63.9 Å². The van der Waals surface area contributed by atoms with Crippen LogP contribution in [0.25, 0.3) is 0 Å². The monoisotopic (exact) mass is 595 g/mol. The largest absolute Gasteiger partial charge is 0.416 e. The van der Waals surface area contributed by atoms with Gasteiger partial charge in [-0.1, -0.05) is 24.0 Å². The fourth-order valence-corrected chi connectivity index (χ4v) is 4.74. The van der Waals surface area contributed by atoms with E-state index in [2.05, 4.69) is 15.4 Å². The van der Waals surface area contributed by atoms with Crippen LogP contribution < -0.4 is 4.90 Å². The average molecular weight is 596 g/mol. The number of benzene rings is 2. The lowest BCUT2D eigenvalue weighted by molar-refractivity contribution is -0.143. The Kier molecular flexibility index (Phi) is 8.85. The summed E-state index contributed by atoms with van der Waals surface area (Å²) in [6.07, 6.45) is -10.7. The predicted octanol–water partition coefficient (Wildman–Crippen LogP) is 7.18. The van der Waals surface area contributed by atoms with Gasteiger partial charge in [-0.25, -0.2) is 0 Å². The Morgan fingerprint density at radius 2 is 1.41 bits per heavy atom. The molecule has 1 heterocycles. The SMILES string of the molecule is Cn1nnc(N(Cc2cc(C(F)(F)F)cc(C(F)(F)F)c2)Cc2cc(C(F)(F)F)ccc2COCC2CCCC2)n1. The summed E-state index contributed by atoms with van der Waals surface area (Å²) in [5, 5.41) is 11.4. The van der Waals surface area contributed by atoms with Gasteiger partial charge < -0.3 is 9.64 Å². The van der Waals surface area contributed by atoms with Gasteiger partial charge in [0.05, 0.1) is 30.3 Å². The molecule has 6 nitrogen and oxygen atoms in total. The van der Waals surface area contributed by atoms with Crippen molar-refractivity contribution >= 4 is 5.95 Å². The van der Waals surface area contributed by atoms with Crippen LogP contribution in [0.3, 0.4) is 0 Å². The van der Waals surface area contributed by atoms with Gasteiger partial charge in [-0.15, -0.1) is 5.10 Å². The number of hydrogen-bond donors (Lipinski definition) is 0. The molecule has 0 spiro atoms. The maximum Gasteiger partial charge on any atom is 0.416 e. The van der Waals surface area contributed by atoms with E-state index in [1.165, 1.54) is 18.0 Å². The molecule has 0 unspecified atom stereocenters. The highest BCUT2D eigenvalue weighted by atomic mass is 19.4. The quantitative estimate of drug-likeness (QED) is 0.246. The second-order valence-corrected chi connectivity index (χ2v) is 10.00. The summed E-state index contributed by atoms with van der Waals surface area (Å²) in [5.74, 6) is 0.144. The van der Waals surface area contributed by atoms with Gasteiger partial charge >= 0.3 is 18.5 Å². The summed E-state index contributed by atoms with van der Waals surface area (Å²) in [5.41, 5.74) is -3.93. The molecule has 0 atom stereocenters. The van der Waals surface area contributed by atoms with Crippen molar-refractivity contribution < 1.29 is 44.3 Å². The molecule has 0 N–H and O–H groups in total. The molecule has 1 aliphatic carbocycles. The van der Waals surface area contributed by atoms with Gasteiger partial charge in [0.1, 0.15) is 0 Å². The second kappa shape index (κ2) is 11.9. The van der Waals surface area contributed by atoms with Crippen LogP contribution in [0.5, 0.6) is 0 Å². The molecule has 1 saturated carbocycles. The van der Waals surface area contributed by atoms with Crippen LogP contribution in [-0.2, 0) is 50.0 Å². The van der Waals surface area contributed by atoms with Gasteiger partial charge in [0.15, 0.2) is 0 Å². The number of rotatable bonds is 9. The van der Waals surface area contributed by atoms with Gasteiger partial charge in [-0.3, -0.25) is 0 Å². The van der Waals surface area contributed by atoms with E-state index in [1.807, 2.05) is 0 Å². The van der Waals surface area contributed by atoms with E-state index < -0.39 is 47.3 Å². The first-order valence-electron chi connectivity index (χ1n) is 12.6. The maximum absolute atomic E-state index is 13.6. The van der Waals surface area contributed by atoms with Gasteiger partial charge in [-0.2, -0.15) is 44.3 Å². The number of tetrazole rings is 1. The van der Waals surface area contributed by atoms with Crippen LogP contribution in [0.15, 0.2) is 36.4 Å². The van der Waals surface area contributed by atoms with Crippen LogP contribution in [0.4, 0.5) is 45.5 Å². The van der Waals surface area contributed by atoms with E-state index in [1.54, 1.807) is 0 Å². The van der Waals surface area contributed by atoms with Crippen molar-refractivity contribution in [2.75, 3.05) is 11.5 Å². The molecule has 41 heavy (non-hydrogen) atoms. The van der Waals surface area contributed by atoms with Crippen LogP contribution in [0.2, 0.25) is 0 Å². The minimum Gasteiger partial charge on any atom is -0.376 e. The number of aryl methyl sites for hydroxylation is 1. The Bertz CT molecular complexity index is 1300. The zero-order valence-electron chi connectivity index (χ0n) is 21.7. The zero-order chi connectivity index (χ0) is 30.0. The smallest absolute Gasteiger partial charge is 0.376 e. The predicted molar refractivity (Wildman–Crippen MR) is 128 cm³/mol. The first kappa shape index (κ1) is 30.6. The Morgan fingerprint density at radius 1 is 0.805 bits per heavy atom. The highest BCUT2D eigenvalue weighted by Crippen LogP contribution is 2.37. The van der Waals surface area contributed by atoms with Crippen molar-refractivity contribution in [2.24, 2.45) is 13.0 Å². The molecule has 15 heteroatoms. The number of hydrogen-bond acceptors (Lipinski definition) is 5. The fraction of sp³-hybridized carbons (Fsp3) is 0.500. The second-order valence-electron chi connectivity index (χ2n) is 10.00. The molecule has 0 amide bonds. The van der Waals surface area contributed by atoms with Crippen molar-refractivity contribution in [3.63, 3.8) is 0 Å². The van der Waals surface area contributed by atoms with E-state index in [0.29, 0.717) is 30.2 Å². The van der Waals surface area contributed by atoms with Crippen LogP contribution >= 0.6 is 0 Å². The van der Waals surface area contributed by atoms with E-state index in [0.717, 1.165) is 42.6 Å². The Hall–Kier alpha value is -3.36. The molecule has 224 valence electrons. The van der Waals surface area contributed by atoms with Gasteiger partial charge in [0.2, 0.25) is 0 Å². The van der Waals surface area contributed by atoms with Crippen LogP contribution in [0.1, 0.15) is 59.1 Å². The van der Waals surface area contributed by atoms with Crippen molar-refractivity contribution in [3.8, 4) is 0 Å². The number of aromatic nitrogens is 4. The lowest BCUT2D eigenvalue weighted by Gasteiger charge is -2.24. The van der Waals surface area contributed by atoms with E-state index in [-0.39, 0.29) is 30.7 Å². The van der Waals surface area contributed by atoms with Crippen LogP contribution in [0, 0.1) is 5.92 Å². The molecule has 1 fully saturated rings. The van der Waals surface area contributed by atoms with Crippen molar-refractivity contribution in [3.05, 3.63) is 69.8 Å². The van der Waals surface area contributed by atoms with Gasteiger partial charge in [0.25, 0.3) is 5.95 Å². The third-order valence-electron chi connectivity index (χ3n) is 6.78. The molecule has 3 aromatic rings. The Morgan fingerprint density at radius 3 is 1.95 bits per heavy atom. The van der Waals surface area contributed by atoms with E-state index >= 15 is 0 Å². The summed E-state index contributed by atoms with van der Waals surface area (Å²) in [6.45, 7) is -0.583. The molecule has 0 saturated heterocycles. The molecular formula is C26H26F9N5O. The topological polar surface area (TPSA) is 56.1 Å². The summed E-state index contributed by atoms with van der Waals surface area (Å²) in [6, 6.07) is 4.13. The molecule has 0 radical (unpaired) electrons. The maximum atomic E-state index is 13.6. The fourth-order valence-electron chi connectivity index (χ4n) is 4.74. The molecule has 2 aromatic carbocycles. The lowest BCUT2D eigenvalue weighted by Crippen LogP contribution is -2.25. The van der Waals surface area contributed by atoms with E-state index in [4.69, 9.17) is 4.74 Å². The number of alkyl halides is 9. The molecule has 0 bridgehead atoms. The first-order valence-corrected chi connectivity index (χ1v) is 12.6. The molecule has 0 aliphatic heterocycles. The van der Waals surface area contributed by atoms with Crippen molar-refractivity contribution in [1.29, 1.82) is 0 Å². The summed E-state index contributed by atoms with van der Waals surface area (Å²) >= 11 is 0. The number of halogens is 9. The third-order valence-corrected chi connectivity index (χ3v) is 6.78. The molecule has 1 aromatic heterocycles. The van der Waals surface area contributed by atoms with Gasteiger partial charge in [-0.05, 0) is 71.0 Å². The summed E-state index contributed by atoms with van der Waals surface area (Å²) in [7, 11) is 1.38. The minimum absolute atomic E-state index is 0.001000. The van der Waals surface area contributed by atoms with E-state index in [9.17, 15) is 39.5 Å². The molecular weight excluding hydrogens is 569 g/mol.